The largest absolute Gasteiger partial charge is 0.416 e. The maximum atomic E-state index is 14.0. The minimum absolute atomic E-state index is 0.109. The Labute approximate surface area is 411 Å². The molecule has 71 heavy (non-hydrogen) atoms. The highest BCUT2D eigenvalue weighted by Crippen LogP contribution is 2.38. The van der Waals surface area contributed by atoms with Crippen molar-refractivity contribution in [3.8, 4) is 0 Å². The van der Waals surface area contributed by atoms with Crippen molar-refractivity contribution in [1.29, 1.82) is 0 Å². The van der Waals surface area contributed by atoms with Crippen LogP contribution in [-0.4, -0.2) is 162 Å². The maximum Gasteiger partial charge on any atom is 0.416 e. The van der Waals surface area contributed by atoms with E-state index in [9.17, 15) is 41.9 Å². The molecule has 5 N–H and O–H groups in total. The number of alkyl halides is 3. The standard InChI is InChI=1S/C49H66F3N11O8/c1-29(2)61(3)34-8-10-40(63-17-11-38(48(63)69)59-45-35-24-32(49(50,51)52)7-9-37(35)56-28-57-45)39(25-34)60-46(67)31-22-33(23-31)58-42(65)13-19-71-20-15-54-41(64)12-18-70-21-16-55-47(68)36-26-43(66)62(4)44(36)30-6-5-14-53-27-30/h5-7,9,14,24,27-29,31,33-34,36,38-40,44H,8,10-13,15-23,25-26H2,1-4H3,(H,54,64)(H,55,68)(H,58,65)(H,60,67)(H,56,57,59)/t31-,33+,34-,36+,38+,39-,40+,44-/m1/s1. The number of fused-ring (bicyclic) bond motifs is 1. The fourth-order valence-electron chi connectivity index (χ4n) is 10.1. The lowest BCUT2D eigenvalue weighted by Crippen LogP contribution is -2.60. The van der Waals surface area contributed by atoms with E-state index in [4.69, 9.17) is 9.47 Å². The first-order valence-corrected chi connectivity index (χ1v) is 24.5. The number of halogens is 3. The van der Waals surface area contributed by atoms with E-state index < -0.39 is 29.7 Å². The van der Waals surface area contributed by atoms with Gasteiger partial charge in [0, 0.05) is 87.8 Å². The summed E-state index contributed by atoms with van der Waals surface area (Å²) in [4.78, 5) is 96.0. The van der Waals surface area contributed by atoms with E-state index in [1.54, 1.807) is 35.3 Å². The Morgan fingerprint density at radius 1 is 0.887 bits per heavy atom. The molecule has 386 valence electrons. The van der Waals surface area contributed by atoms with Crippen LogP contribution in [0.25, 0.3) is 10.9 Å². The molecule has 4 fully saturated rings. The lowest BCUT2D eigenvalue weighted by molar-refractivity contribution is -0.137. The molecule has 2 aliphatic heterocycles. The molecule has 6 amide bonds. The second-order valence-corrected chi connectivity index (χ2v) is 19.2. The van der Waals surface area contributed by atoms with Crippen molar-refractivity contribution in [2.45, 2.75) is 120 Å². The summed E-state index contributed by atoms with van der Waals surface area (Å²) in [6.07, 6.45) is 3.79. The number of carbonyl (C=O) groups is 6. The number of rotatable bonds is 22. The first-order valence-electron chi connectivity index (χ1n) is 24.5. The van der Waals surface area contributed by atoms with E-state index in [2.05, 4.69) is 67.3 Å². The number of aromatic nitrogens is 3. The third kappa shape index (κ3) is 13.5. The topological polar surface area (TPSA) is 229 Å². The van der Waals surface area contributed by atoms with Gasteiger partial charge in [0.1, 0.15) is 18.2 Å². The van der Waals surface area contributed by atoms with Gasteiger partial charge in [-0.3, -0.25) is 33.8 Å². The average molecular weight is 994 g/mol. The number of hydrogen-bond acceptors (Lipinski definition) is 13. The summed E-state index contributed by atoms with van der Waals surface area (Å²) in [7, 11) is 3.74. The average Bonchev–Trinajstić information content (AvgIpc) is 3.85. The zero-order chi connectivity index (χ0) is 50.8. The third-order valence-electron chi connectivity index (χ3n) is 14.3. The van der Waals surface area contributed by atoms with E-state index in [-0.39, 0.29) is 142 Å². The molecule has 0 radical (unpaired) electrons. The lowest BCUT2D eigenvalue weighted by Gasteiger charge is -2.45. The van der Waals surface area contributed by atoms with Crippen molar-refractivity contribution >= 4 is 52.2 Å². The second-order valence-electron chi connectivity index (χ2n) is 19.2. The number of amides is 6. The summed E-state index contributed by atoms with van der Waals surface area (Å²) in [6.45, 7) is 5.82. The van der Waals surface area contributed by atoms with Gasteiger partial charge in [0.15, 0.2) is 0 Å². The van der Waals surface area contributed by atoms with Gasteiger partial charge in [-0.25, -0.2) is 9.97 Å². The lowest BCUT2D eigenvalue weighted by atomic mass is 9.78. The number of carbonyl (C=O) groups excluding carboxylic acids is 6. The summed E-state index contributed by atoms with van der Waals surface area (Å²) < 4.78 is 51.8. The summed E-state index contributed by atoms with van der Waals surface area (Å²) in [6, 6.07) is 5.41. The Kier molecular flexibility index (Phi) is 17.8. The van der Waals surface area contributed by atoms with Gasteiger partial charge in [-0.2, -0.15) is 13.2 Å². The van der Waals surface area contributed by atoms with Crippen molar-refractivity contribution < 1.29 is 51.4 Å². The van der Waals surface area contributed by atoms with E-state index in [1.807, 2.05) is 6.07 Å². The van der Waals surface area contributed by atoms with Crippen LogP contribution in [0.4, 0.5) is 19.0 Å². The number of hydrogen-bond donors (Lipinski definition) is 5. The Balaban J connectivity index is 0.769. The van der Waals surface area contributed by atoms with E-state index in [0.29, 0.717) is 44.2 Å². The fraction of sp³-hybridized carbons (Fsp3) is 0.612. The Bertz CT molecular complexity index is 2360. The Hall–Kier alpha value is -6.00. The Morgan fingerprint density at radius 3 is 2.32 bits per heavy atom. The monoisotopic (exact) mass is 994 g/mol. The second kappa shape index (κ2) is 23.9. The highest BCUT2D eigenvalue weighted by molar-refractivity contribution is 5.94. The summed E-state index contributed by atoms with van der Waals surface area (Å²) in [5.41, 5.74) is 0.275. The summed E-state index contributed by atoms with van der Waals surface area (Å²) in [5.74, 6) is -1.83. The maximum absolute atomic E-state index is 14.0. The molecule has 2 aliphatic carbocycles. The van der Waals surface area contributed by atoms with Crippen molar-refractivity contribution in [3.05, 3.63) is 60.2 Å². The van der Waals surface area contributed by atoms with Gasteiger partial charge in [0.2, 0.25) is 35.4 Å². The van der Waals surface area contributed by atoms with Gasteiger partial charge in [0.05, 0.1) is 61.6 Å². The van der Waals surface area contributed by atoms with Crippen LogP contribution in [0.3, 0.4) is 0 Å². The van der Waals surface area contributed by atoms with Crippen LogP contribution in [-0.2, 0) is 44.4 Å². The molecule has 0 spiro atoms. The first kappa shape index (κ1) is 52.8. The van der Waals surface area contributed by atoms with Crippen molar-refractivity contribution in [2.24, 2.45) is 11.8 Å². The van der Waals surface area contributed by atoms with Gasteiger partial charge in [-0.15, -0.1) is 0 Å². The van der Waals surface area contributed by atoms with Gasteiger partial charge >= 0.3 is 6.18 Å². The number of ether oxygens (including phenoxy) is 2. The van der Waals surface area contributed by atoms with Crippen LogP contribution in [0, 0.1) is 11.8 Å². The van der Waals surface area contributed by atoms with Crippen LogP contribution in [0.1, 0.15) is 88.8 Å². The van der Waals surface area contributed by atoms with Crippen LogP contribution in [0.15, 0.2) is 49.1 Å². The molecular formula is C49H66F3N11O8. The molecule has 6 atom stereocenters. The zero-order valence-corrected chi connectivity index (χ0v) is 40.7. The molecule has 2 aromatic heterocycles. The molecule has 7 rings (SSSR count). The molecule has 2 saturated heterocycles. The van der Waals surface area contributed by atoms with Gasteiger partial charge in [0.25, 0.3) is 0 Å². The summed E-state index contributed by atoms with van der Waals surface area (Å²) >= 11 is 0. The predicted molar refractivity (Wildman–Crippen MR) is 254 cm³/mol. The van der Waals surface area contributed by atoms with Crippen molar-refractivity contribution in [2.75, 3.05) is 65.5 Å². The summed E-state index contributed by atoms with van der Waals surface area (Å²) in [5, 5.41) is 15.1. The number of nitrogens with zero attached hydrogens (tertiary/aromatic N) is 6. The SMILES string of the molecule is CC(C)N(C)[C@@H]1CC[C@H](N2CC[C@H](Nc3ncnc4ccc(C(F)(F)F)cc34)C2=O)[C@H](NC(=O)[C@H]2C[C@@H](NC(=O)CCOCCNC(=O)CCOCCNC(=O)[C@H]3CC(=O)N(C)[C@@H]3c3cccnc3)C2)C1. The van der Waals surface area contributed by atoms with Gasteiger partial charge in [-0.05, 0) is 89.2 Å². The number of pyridine rings is 1. The highest BCUT2D eigenvalue weighted by atomic mass is 19.4. The molecule has 2 saturated carbocycles. The number of likely N-dealkylation sites (tertiary alicyclic amines) is 2. The normalized spacial score (nSPS) is 24.6. The van der Waals surface area contributed by atoms with E-state index in [1.165, 1.54) is 12.4 Å². The number of benzene rings is 1. The van der Waals surface area contributed by atoms with Gasteiger partial charge < -0.3 is 50.8 Å². The molecule has 22 heteroatoms. The molecule has 4 aliphatic rings. The first-order chi connectivity index (χ1) is 34.0. The van der Waals surface area contributed by atoms with Gasteiger partial charge in [-0.1, -0.05) is 6.07 Å². The zero-order valence-electron chi connectivity index (χ0n) is 40.7. The molecular weight excluding hydrogens is 928 g/mol. The third-order valence-corrected chi connectivity index (χ3v) is 14.3. The van der Waals surface area contributed by atoms with Crippen molar-refractivity contribution in [1.82, 2.24) is 50.9 Å². The minimum atomic E-state index is -4.56. The molecule has 0 bridgehead atoms. The minimum Gasteiger partial charge on any atom is -0.379 e. The highest BCUT2D eigenvalue weighted by Gasteiger charge is 2.46. The number of anilines is 1. The molecule has 0 unspecified atom stereocenters. The Morgan fingerprint density at radius 2 is 1.62 bits per heavy atom. The van der Waals surface area contributed by atoms with Crippen molar-refractivity contribution in [3.63, 3.8) is 0 Å². The quantitative estimate of drug-likeness (QED) is 0.0914. The van der Waals surface area contributed by atoms with Crippen LogP contribution < -0.4 is 26.6 Å². The molecule has 1 aromatic carbocycles. The molecule has 4 heterocycles. The fourth-order valence-corrected chi connectivity index (χ4v) is 10.1. The smallest absolute Gasteiger partial charge is 0.379 e. The van der Waals surface area contributed by atoms with E-state index >= 15 is 0 Å². The van der Waals surface area contributed by atoms with Crippen LogP contribution in [0.2, 0.25) is 0 Å². The van der Waals surface area contributed by atoms with E-state index in [0.717, 1.165) is 24.1 Å². The number of nitrogens with one attached hydrogen (secondary N) is 5. The predicted octanol–water partition coefficient (Wildman–Crippen LogP) is 2.96. The van der Waals surface area contributed by atoms with Crippen LogP contribution in [0.5, 0.6) is 0 Å². The molecule has 3 aromatic rings. The molecule has 19 nitrogen and oxygen atoms in total. The van der Waals surface area contributed by atoms with Crippen LogP contribution >= 0.6 is 0 Å².